The number of hydrogen-bond donors (Lipinski definition) is 1. The van der Waals surface area contributed by atoms with E-state index >= 15 is 0 Å². The van der Waals surface area contributed by atoms with Crippen molar-refractivity contribution in [2.75, 3.05) is 13.1 Å². The summed E-state index contributed by atoms with van der Waals surface area (Å²) in [5, 5.41) is 2.92. The first-order valence-electron chi connectivity index (χ1n) is 11.0. The largest absolute Gasteiger partial charge is 0.444 e. The van der Waals surface area contributed by atoms with Gasteiger partial charge in [0.25, 0.3) is 5.91 Å². The van der Waals surface area contributed by atoms with E-state index < -0.39 is 5.60 Å². The van der Waals surface area contributed by atoms with Crippen molar-refractivity contribution in [3.05, 3.63) is 35.4 Å². The number of nitrogens with zero attached hydrogens (tertiary/aromatic N) is 1. The molecule has 0 unspecified atom stereocenters. The molecule has 0 bridgehead atoms. The summed E-state index contributed by atoms with van der Waals surface area (Å²) in [5.41, 5.74) is 1.58. The monoisotopic (exact) mass is 402 g/mol. The minimum absolute atomic E-state index is 0.00993. The summed E-state index contributed by atoms with van der Waals surface area (Å²) in [7, 11) is 0. The summed E-state index contributed by atoms with van der Waals surface area (Å²) in [4.78, 5) is 26.0. The van der Waals surface area contributed by atoms with E-state index in [1.807, 2.05) is 51.7 Å². The smallest absolute Gasteiger partial charge is 0.410 e. The Morgan fingerprint density at radius 3 is 2.28 bits per heavy atom. The number of aryl methyl sites for hydroxylation is 1. The van der Waals surface area contributed by atoms with Gasteiger partial charge in [-0.15, -0.1) is 0 Å². The Balaban J connectivity index is 1.64. The quantitative estimate of drug-likeness (QED) is 0.639. The second-order valence-electron chi connectivity index (χ2n) is 9.48. The van der Waals surface area contributed by atoms with Crippen molar-refractivity contribution >= 4 is 12.0 Å². The molecule has 0 saturated carbocycles. The number of unbranched alkanes of at least 4 members (excludes halogenated alkanes) is 1. The van der Waals surface area contributed by atoms with Crippen LogP contribution in [0.3, 0.4) is 0 Å². The lowest BCUT2D eigenvalue weighted by Gasteiger charge is -2.33. The Labute approximate surface area is 176 Å². The van der Waals surface area contributed by atoms with Crippen LogP contribution in [0.15, 0.2) is 24.3 Å². The number of rotatable bonds is 7. The molecule has 0 aliphatic carbocycles. The molecular formula is C24H38N2O3. The third-order valence-corrected chi connectivity index (χ3v) is 5.23. The molecule has 0 spiro atoms. The van der Waals surface area contributed by atoms with Crippen molar-refractivity contribution in [1.82, 2.24) is 10.2 Å². The molecule has 1 N–H and O–H groups in total. The van der Waals surface area contributed by atoms with Crippen molar-refractivity contribution in [2.45, 2.75) is 84.8 Å². The van der Waals surface area contributed by atoms with E-state index in [1.54, 1.807) is 0 Å². The third kappa shape index (κ3) is 8.46. The Hall–Kier alpha value is -2.04. The van der Waals surface area contributed by atoms with Gasteiger partial charge in [-0.1, -0.05) is 25.0 Å². The summed E-state index contributed by atoms with van der Waals surface area (Å²) >= 11 is 0. The number of carbonyl (C=O) groups excluding carboxylic acids is 2. The molecule has 1 aromatic carbocycles. The van der Waals surface area contributed by atoms with Gasteiger partial charge in [0.2, 0.25) is 0 Å². The van der Waals surface area contributed by atoms with E-state index in [0.717, 1.165) is 44.3 Å². The summed E-state index contributed by atoms with van der Waals surface area (Å²) < 4.78 is 5.46. The van der Waals surface area contributed by atoms with Gasteiger partial charge in [0.1, 0.15) is 5.60 Å². The van der Waals surface area contributed by atoms with Crippen LogP contribution in [0.5, 0.6) is 0 Å². The summed E-state index contributed by atoms with van der Waals surface area (Å²) in [6, 6.07) is 8.11. The first kappa shape index (κ1) is 23.2. The van der Waals surface area contributed by atoms with Gasteiger partial charge in [0.05, 0.1) is 0 Å². The molecule has 1 heterocycles. The number of likely N-dealkylation sites (tertiary alicyclic amines) is 1. The van der Waals surface area contributed by atoms with Gasteiger partial charge in [-0.25, -0.2) is 4.79 Å². The molecule has 1 aromatic rings. The predicted molar refractivity (Wildman–Crippen MR) is 117 cm³/mol. The molecule has 0 radical (unpaired) electrons. The van der Waals surface area contributed by atoms with Crippen LogP contribution in [-0.4, -0.2) is 41.6 Å². The van der Waals surface area contributed by atoms with Crippen molar-refractivity contribution in [3.63, 3.8) is 0 Å². The minimum Gasteiger partial charge on any atom is -0.444 e. The zero-order chi connectivity index (χ0) is 21.4. The number of carbonyl (C=O) groups is 2. The molecular weight excluding hydrogens is 364 g/mol. The van der Waals surface area contributed by atoms with E-state index in [9.17, 15) is 9.59 Å². The number of hydrogen-bond acceptors (Lipinski definition) is 3. The highest BCUT2D eigenvalue weighted by atomic mass is 16.6. The first-order chi connectivity index (χ1) is 13.6. The predicted octanol–water partition coefficient (Wildman–Crippen LogP) is 5.18. The van der Waals surface area contributed by atoms with Gasteiger partial charge >= 0.3 is 6.09 Å². The lowest BCUT2D eigenvalue weighted by Crippen LogP contribution is -2.41. The first-order valence-corrected chi connectivity index (χ1v) is 11.0. The fourth-order valence-electron chi connectivity index (χ4n) is 3.66. The Kier molecular flexibility index (Phi) is 8.54. The number of benzene rings is 1. The number of nitrogens with one attached hydrogen (secondary N) is 1. The second-order valence-corrected chi connectivity index (χ2v) is 9.48. The summed E-state index contributed by atoms with van der Waals surface area (Å²) in [5.74, 6) is 0.695. The molecule has 1 aliphatic heterocycles. The summed E-state index contributed by atoms with van der Waals surface area (Å²) in [6.45, 7) is 11.3. The average molecular weight is 403 g/mol. The van der Waals surface area contributed by atoms with E-state index in [2.05, 4.69) is 17.4 Å². The van der Waals surface area contributed by atoms with Crippen LogP contribution in [0.25, 0.3) is 0 Å². The van der Waals surface area contributed by atoms with Gasteiger partial charge in [-0.2, -0.15) is 0 Å². The summed E-state index contributed by atoms with van der Waals surface area (Å²) in [6.07, 6.45) is 6.58. The molecule has 5 heteroatoms. The SMILES string of the molecule is CC(C)NC(=O)c1ccc(CCCCC2CCN(C(=O)OC(C)(C)C)CC2)cc1. The lowest BCUT2D eigenvalue weighted by atomic mass is 9.91. The van der Waals surface area contributed by atoms with Crippen LogP contribution < -0.4 is 5.32 Å². The Bertz CT molecular complexity index is 654. The topological polar surface area (TPSA) is 58.6 Å². The van der Waals surface area contributed by atoms with Crippen LogP contribution in [0.2, 0.25) is 0 Å². The molecule has 0 aromatic heterocycles. The van der Waals surface area contributed by atoms with Gasteiger partial charge in [-0.3, -0.25) is 4.79 Å². The molecule has 2 rings (SSSR count). The molecule has 1 fully saturated rings. The average Bonchev–Trinajstić information content (AvgIpc) is 2.64. The standard InChI is InChI=1S/C24H38N2O3/c1-18(2)25-22(27)21-12-10-19(11-13-21)8-6-7-9-20-14-16-26(17-15-20)23(28)29-24(3,4)5/h10-13,18,20H,6-9,14-17H2,1-5H3,(H,25,27). The zero-order valence-electron chi connectivity index (χ0n) is 18.8. The van der Waals surface area contributed by atoms with Crippen LogP contribution in [0.4, 0.5) is 4.79 Å². The maximum Gasteiger partial charge on any atom is 0.410 e. The van der Waals surface area contributed by atoms with Crippen LogP contribution in [-0.2, 0) is 11.2 Å². The van der Waals surface area contributed by atoms with Gasteiger partial charge < -0.3 is 15.0 Å². The van der Waals surface area contributed by atoms with E-state index in [-0.39, 0.29) is 18.0 Å². The normalized spacial score (nSPS) is 15.4. The van der Waals surface area contributed by atoms with Crippen molar-refractivity contribution < 1.29 is 14.3 Å². The molecule has 2 amide bonds. The number of ether oxygens (including phenoxy) is 1. The molecule has 29 heavy (non-hydrogen) atoms. The zero-order valence-corrected chi connectivity index (χ0v) is 18.8. The number of amides is 2. The van der Waals surface area contributed by atoms with Gasteiger partial charge in [0, 0.05) is 24.7 Å². The maximum absolute atomic E-state index is 12.1. The highest BCUT2D eigenvalue weighted by Crippen LogP contribution is 2.24. The Morgan fingerprint density at radius 1 is 1.10 bits per heavy atom. The third-order valence-electron chi connectivity index (χ3n) is 5.23. The van der Waals surface area contributed by atoms with Gasteiger partial charge in [-0.05, 0) is 83.9 Å². The number of piperidine rings is 1. The maximum atomic E-state index is 12.1. The fraction of sp³-hybridized carbons (Fsp3) is 0.667. The van der Waals surface area contributed by atoms with E-state index in [4.69, 9.17) is 4.74 Å². The van der Waals surface area contributed by atoms with Crippen molar-refractivity contribution in [3.8, 4) is 0 Å². The molecule has 162 valence electrons. The Morgan fingerprint density at radius 2 is 1.72 bits per heavy atom. The molecule has 0 atom stereocenters. The van der Waals surface area contributed by atoms with E-state index in [0.29, 0.717) is 5.92 Å². The minimum atomic E-state index is -0.426. The molecule has 5 nitrogen and oxygen atoms in total. The molecule has 1 saturated heterocycles. The van der Waals surface area contributed by atoms with Crippen LogP contribution >= 0.6 is 0 Å². The second kappa shape index (κ2) is 10.7. The fourth-order valence-corrected chi connectivity index (χ4v) is 3.66. The van der Waals surface area contributed by atoms with Crippen molar-refractivity contribution in [1.29, 1.82) is 0 Å². The lowest BCUT2D eigenvalue weighted by molar-refractivity contribution is 0.0180. The van der Waals surface area contributed by atoms with Crippen molar-refractivity contribution in [2.24, 2.45) is 5.92 Å². The van der Waals surface area contributed by atoms with Crippen LogP contribution in [0.1, 0.15) is 82.6 Å². The van der Waals surface area contributed by atoms with Gasteiger partial charge in [0.15, 0.2) is 0 Å². The molecule has 1 aliphatic rings. The highest BCUT2D eigenvalue weighted by molar-refractivity contribution is 5.94. The van der Waals surface area contributed by atoms with Crippen LogP contribution in [0, 0.1) is 5.92 Å². The van der Waals surface area contributed by atoms with E-state index in [1.165, 1.54) is 18.4 Å². The highest BCUT2D eigenvalue weighted by Gasteiger charge is 2.26.